The summed E-state index contributed by atoms with van der Waals surface area (Å²) in [4.78, 5) is 15.6. The van der Waals surface area contributed by atoms with Gasteiger partial charge in [0.1, 0.15) is 5.69 Å². The van der Waals surface area contributed by atoms with E-state index >= 15 is 0 Å². The van der Waals surface area contributed by atoms with Crippen molar-refractivity contribution in [2.24, 2.45) is 0 Å². The summed E-state index contributed by atoms with van der Waals surface area (Å²) in [6.07, 6.45) is 0.846. The van der Waals surface area contributed by atoms with E-state index in [0.29, 0.717) is 25.5 Å². The van der Waals surface area contributed by atoms with Crippen LogP contribution in [0.2, 0.25) is 0 Å². The smallest absolute Gasteiger partial charge is 0.271 e. The number of carbonyl (C=O) groups excluding carboxylic acids is 1. The number of amides is 1. The molecular formula is C24H31BrN2O4. The Balaban J connectivity index is 1.91. The van der Waals surface area contributed by atoms with Gasteiger partial charge >= 0.3 is 0 Å². The number of methoxy groups -OCH3 is 1. The fourth-order valence-corrected chi connectivity index (χ4v) is 5.20. The summed E-state index contributed by atoms with van der Waals surface area (Å²) < 4.78 is 20.7. The third kappa shape index (κ3) is 3.87. The van der Waals surface area contributed by atoms with Gasteiger partial charge in [-0.25, -0.2) is 0 Å². The van der Waals surface area contributed by atoms with E-state index in [9.17, 15) is 4.79 Å². The Morgan fingerprint density at radius 3 is 2.52 bits per heavy atom. The van der Waals surface area contributed by atoms with Gasteiger partial charge in [0.2, 0.25) is 0 Å². The number of hydrogen-bond acceptors (Lipinski definition) is 4. The van der Waals surface area contributed by atoms with E-state index in [0.717, 1.165) is 45.7 Å². The second kappa shape index (κ2) is 8.17. The van der Waals surface area contributed by atoms with Crippen molar-refractivity contribution in [3.05, 3.63) is 33.4 Å². The van der Waals surface area contributed by atoms with E-state index in [1.807, 2.05) is 24.8 Å². The largest absolute Gasteiger partial charge is 0.493 e. The third-order valence-electron chi connectivity index (χ3n) is 5.87. The first-order chi connectivity index (χ1) is 14.6. The van der Waals surface area contributed by atoms with Crippen LogP contribution in [0, 0.1) is 0 Å². The van der Waals surface area contributed by atoms with Crippen LogP contribution in [0.1, 0.15) is 56.2 Å². The average Bonchev–Trinajstić information content (AvgIpc) is 2.95. The van der Waals surface area contributed by atoms with Gasteiger partial charge in [-0.3, -0.25) is 4.79 Å². The molecule has 0 N–H and O–H groups in total. The van der Waals surface area contributed by atoms with Crippen LogP contribution < -0.4 is 9.47 Å². The molecule has 0 radical (unpaired) electrons. The molecule has 0 atom stereocenters. The molecule has 0 spiro atoms. The minimum absolute atomic E-state index is 0.0290. The van der Waals surface area contributed by atoms with Crippen LogP contribution in [-0.2, 0) is 24.3 Å². The molecule has 0 fully saturated rings. The molecule has 1 aromatic carbocycles. The van der Waals surface area contributed by atoms with Crippen molar-refractivity contribution in [2.45, 2.75) is 65.8 Å². The van der Waals surface area contributed by atoms with E-state index in [-0.39, 0.29) is 17.6 Å². The fourth-order valence-electron chi connectivity index (χ4n) is 4.47. The average molecular weight is 491 g/mol. The molecule has 1 aromatic heterocycles. The van der Waals surface area contributed by atoms with Gasteiger partial charge in [-0.1, -0.05) is 0 Å². The summed E-state index contributed by atoms with van der Waals surface area (Å²) in [6.45, 7) is 12.5. The van der Waals surface area contributed by atoms with Gasteiger partial charge in [-0.2, -0.15) is 0 Å². The second-order valence-electron chi connectivity index (χ2n) is 9.40. The zero-order chi connectivity index (χ0) is 22.5. The van der Waals surface area contributed by atoms with E-state index in [1.165, 1.54) is 5.56 Å². The summed E-state index contributed by atoms with van der Waals surface area (Å²) >= 11 is 3.82. The van der Waals surface area contributed by atoms with Crippen LogP contribution in [0.5, 0.6) is 11.5 Å². The first kappa shape index (κ1) is 22.2. The number of fused-ring (bicyclic) bond motifs is 5. The molecule has 0 unspecified atom stereocenters. The number of halogens is 1. The van der Waals surface area contributed by atoms with Crippen molar-refractivity contribution >= 4 is 21.8 Å². The summed E-state index contributed by atoms with van der Waals surface area (Å²) in [7, 11) is 1.67. The number of aryl methyl sites for hydroxylation is 1. The van der Waals surface area contributed by atoms with Crippen LogP contribution in [-0.4, -0.2) is 47.3 Å². The van der Waals surface area contributed by atoms with Crippen LogP contribution in [0.3, 0.4) is 0 Å². The highest BCUT2D eigenvalue weighted by atomic mass is 79.9. The van der Waals surface area contributed by atoms with E-state index in [4.69, 9.17) is 14.2 Å². The maximum atomic E-state index is 13.7. The fraction of sp³-hybridized carbons (Fsp3) is 0.542. The lowest BCUT2D eigenvalue weighted by atomic mass is 9.97. The summed E-state index contributed by atoms with van der Waals surface area (Å²) in [6, 6.07) is 4.11. The minimum atomic E-state index is -0.287. The van der Waals surface area contributed by atoms with Gasteiger partial charge < -0.3 is 23.7 Å². The van der Waals surface area contributed by atoms with Crippen molar-refractivity contribution < 1.29 is 19.0 Å². The number of hydrogen-bond donors (Lipinski definition) is 0. The van der Waals surface area contributed by atoms with Crippen LogP contribution in [0.15, 0.2) is 16.6 Å². The highest BCUT2D eigenvalue weighted by Gasteiger charge is 2.37. The SMILES string of the molecule is COc1cc2c(cc1OC(C)C)-c1c(Br)c3c(n1CC2)C(=O)N(C(C)(C)C)CCOC3. The van der Waals surface area contributed by atoms with Gasteiger partial charge in [-0.15, -0.1) is 0 Å². The third-order valence-corrected chi connectivity index (χ3v) is 6.73. The predicted molar refractivity (Wildman–Crippen MR) is 124 cm³/mol. The van der Waals surface area contributed by atoms with Gasteiger partial charge in [0, 0.05) is 34.2 Å². The van der Waals surface area contributed by atoms with Crippen molar-refractivity contribution in [3.63, 3.8) is 0 Å². The lowest BCUT2D eigenvalue weighted by Crippen LogP contribution is -2.49. The topological polar surface area (TPSA) is 52.9 Å². The Kier molecular flexibility index (Phi) is 5.85. The van der Waals surface area contributed by atoms with Crippen molar-refractivity contribution in [1.29, 1.82) is 0 Å². The van der Waals surface area contributed by atoms with Gasteiger partial charge in [-0.05, 0) is 74.7 Å². The maximum Gasteiger partial charge on any atom is 0.271 e. The van der Waals surface area contributed by atoms with Crippen LogP contribution >= 0.6 is 15.9 Å². The molecule has 31 heavy (non-hydrogen) atoms. The number of nitrogens with zero attached hydrogens (tertiary/aromatic N) is 2. The molecule has 1 amide bonds. The molecule has 6 nitrogen and oxygen atoms in total. The zero-order valence-electron chi connectivity index (χ0n) is 19.2. The number of rotatable bonds is 3. The van der Waals surface area contributed by atoms with Gasteiger partial charge in [0.25, 0.3) is 5.91 Å². The molecule has 7 heteroatoms. The van der Waals surface area contributed by atoms with Crippen molar-refractivity contribution in [3.8, 4) is 22.8 Å². The maximum absolute atomic E-state index is 13.7. The van der Waals surface area contributed by atoms with E-state index in [1.54, 1.807) is 7.11 Å². The number of aromatic nitrogens is 1. The van der Waals surface area contributed by atoms with E-state index < -0.39 is 0 Å². The first-order valence-corrected chi connectivity index (χ1v) is 11.6. The highest BCUT2D eigenvalue weighted by Crippen LogP contribution is 2.45. The summed E-state index contributed by atoms with van der Waals surface area (Å²) in [5.74, 6) is 1.51. The minimum Gasteiger partial charge on any atom is -0.493 e. The second-order valence-corrected chi connectivity index (χ2v) is 10.2. The molecule has 2 aliphatic rings. The Morgan fingerprint density at radius 1 is 1.13 bits per heavy atom. The molecule has 0 aliphatic carbocycles. The number of benzene rings is 1. The van der Waals surface area contributed by atoms with Gasteiger partial charge in [0.15, 0.2) is 11.5 Å². The van der Waals surface area contributed by atoms with Gasteiger partial charge in [0.05, 0.1) is 32.1 Å². The molecule has 4 rings (SSSR count). The lowest BCUT2D eigenvalue weighted by molar-refractivity contribution is 0.0334. The molecule has 2 aromatic rings. The zero-order valence-corrected chi connectivity index (χ0v) is 20.8. The highest BCUT2D eigenvalue weighted by molar-refractivity contribution is 9.10. The molecule has 0 saturated carbocycles. The number of carbonyl (C=O) groups is 1. The van der Waals surface area contributed by atoms with Crippen LogP contribution in [0.25, 0.3) is 11.3 Å². The molecule has 3 heterocycles. The Bertz CT molecular complexity index is 1020. The standard InChI is InChI=1S/C24H31BrN2O4/c1-14(2)31-19-12-16-15(11-18(19)29-6)7-8-26-21(16)20(25)17-13-30-10-9-27(24(3,4)5)23(28)22(17)26/h11-12,14H,7-10,13H2,1-6H3. The Morgan fingerprint density at radius 2 is 1.87 bits per heavy atom. The predicted octanol–water partition coefficient (Wildman–Crippen LogP) is 5.04. The molecular weight excluding hydrogens is 460 g/mol. The summed E-state index contributed by atoms with van der Waals surface area (Å²) in [5, 5.41) is 0. The molecule has 0 bridgehead atoms. The lowest BCUT2D eigenvalue weighted by Gasteiger charge is -2.37. The number of ether oxygens (including phenoxy) is 3. The molecule has 2 aliphatic heterocycles. The molecule has 168 valence electrons. The normalized spacial score (nSPS) is 16.4. The molecule has 0 saturated heterocycles. The monoisotopic (exact) mass is 490 g/mol. The Hall–Kier alpha value is -1.99. The quantitative estimate of drug-likeness (QED) is 0.604. The Labute approximate surface area is 192 Å². The summed E-state index contributed by atoms with van der Waals surface area (Å²) in [5.41, 5.74) is 4.62. The van der Waals surface area contributed by atoms with Crippen LogP contribution in [0.4, 0.5) is 0 Å². The van der Waals surface area contributed by atoms with Crippen molar-refractivity contribution in [1.82, 2.24) is 9.47 Å². The van der Waals surface area contributed by atoms with E-state index in [2.05, 4.69) is 47.3 Å². The first-order valence-electron chi connectivity index (χ1n) is 10.8. The van der Waals surface area contributed by atoms with Crippen molar-refractivity contribution in [2.75, 3.05) is 20.3 Å².